The van der Waals surface area contributed by atoms with Crippen LogP contribution in [-0.4, -0.2) is 18.3 Å². The normalized spacial score (nSPS) is 41.1. The molecule has 3 aliphatic carbocycles. The summed E-state index contributed by atoms with van der Waals surface area (Å²) < 4.78 is 36.5. The van der Waals surface area contributed by atoms with Crippen LogP contribution in [0.25, 0.3) is 0 Å². The SMILES string of the molecule is CC(CCCC(F)(F)F)NC1CC2CC1C1CCCC21. The summed E-state index contributed by atoms with van der Waals surface area (Å²) in [7, 11) is 0. The smallest absolute Gasteiger partial charge is 0.311 e. The number of halogens is 3. The Bertz CT molecular complexity index is 341. The first-order valence-corrected chi connectivity index (χ1v) is 8.27. The van der Waals surface area contributed by atoms with E-state index in [1.165, 1.54) is 32.1 Å². The quantitative estimate of drug-likeness (QED) is 0.784. The summed E-state index contributed by atoms with van der Waals surface area (Å²) >= 11 is 0. The zero-order valence-electron chi connectivity index (χ0n) is 12.3. The van der Waals surface area contributed by atoms with Crippen molar-refractivity contribution in [3.63, 3.8) is 0 Å². The highest BCUT2D eigenvalue weighted by atomic mass is 19.4. The van der Waals surface area contributed by atoms with Gasteiger partial charge in [-0.2, -0.15) is 13.2 Å². The van der Waals surface area contributed by atoms with Gasteiger partial charge in [-0.15, -0.1) is 0 Å². The summed E-state index contributed by atoms with van der Waals surface area (Å²) in [6.45, 7) is 2.05. The van der Waals surface area contributed by atoms with Crippen LogP contribution in [0.4, 0.5) is 13.2 Å². The Morgan fingerprint density at radius 3 is 2.60 bits per heavy atom. The lowest BCUT2D eigenvalue weighted by Crippen LogP contribution is -2.43. The van der Waals surface area contributed by atoms with Gasteiger partial charge in [0, 0.05) is 18.5 Å². The Balaban J connectivity index is 1.43. The molecule has 0 amide bonds. The van der Waals surface area contributed by atoms with Gasteiger partial charge in [0.2, 0.25) is 0 Å². The van der Waals surface area contributed by atoms with Crippen molar-refractivity contribution in [1.29, 1.82) is 0 Å². The summed E-state index contributed by atoms with van der Waals surface area (Å²) in [5, 5.41) is 3.64. The van der Waals surface area contributed by atoms with Gasteiger partial charge in [0.25, 0.3) is 0 Å². The number of hydrogen-bond acceptors (Lipinski definition) is 1. The fourth-order valence-electron chi connectivity index (χ4n) is 5.32. The van der Waals surface area contributed by atoms with Gasteiger partial charge in [-0.1, -0.05) is 6.42 Å². The fraction of sp³-hybridized carbons (Fsp3) is 1.00. The molecule has 0 radical (unpaired) electrons. The molecule has 3 aliphatic rings. The van der Waals surface area contributed by atoms with Crippen LogP contribution in [0.2, 0.25) is 0 Å². The molecular formula is C16H26F3N. The van der Waals surface area contributed by atoms with E-state index in [-0.39, 0.29) is 12.5 Å². The van der Waals surface area contributed by atoms with Crippen molar-refractivity contribution in [2.45, 2.75) is 76.6 Å². The van der Waals surface area contributed by atoms with Crippen molar-refractivity contribution < 1.29 is 13.2 Å². The summed E-state index contributed by atoms with van der Waals surface area (Å²) in [6, 6.07) is 0.807. The lowest BCUT2D eigenvalue weighted by Gasteiger charge is -2.34. The molecule has 6 atom stereocenters. The summed E-state index contributed by atoms with van der Waals surface area (Å²) in [6.07, 6.45) is 3.13. The molecule has 0 spiro atoms. The second-order valence-corrected chi connectivity index (χ2v) is 7.34. The molecule has 1 N–H and O–H groups in total. The summed E-state index contributed by atoms with van der Waals surface area (Å²) in [5.41, 5.74) is 0. The Labute approximate surface area is 119 Å². The van der Waals surface area contributed by atoms with Gasteiger partial charge in [-0.25, -0.2) is 0 Å². The number of fused-ring (bicyclic) bond motifs is 5. The third-order valence-electron chi connectivity index (χ3n) is 6.02. The second kappa shape index (κ2) is 5.51. The molecule has 2 bridgehead atoms. The van der Waals surface area contributed by atoms with Gasteiger partial charge in [-0.05, 0) is 69.1 Å². The lowest BCUT2D eigenvalue weighted by atomic mass is 9.79. The van der Waals surface area contributed by atoms with E-state index in [4.69, 9.17) is 0 Å². The van der Waals surface area contributed by atoms with E-state index in [0.717, 1.165) is 23.7 Å². The van der Waals surface area contributed by atoms with Crippen LogP contribution < -0.4 is 5.32 Å². The van der Waals surface area contributed by atoms with Crippen molar-refractivity contribution in [3.8, 4) is 0 Å². The van der Waals surface area contributed by atoms with Gasteiger partial charge in [0.15, 0.2) is 0 Å². The van der Waals surface area contributed by atoms with E-state index in [1.807, 2.05) is 0 Å². The van der Waals surface area contributed by atoms with E-state index in [2.05, 4.69) is 12.2 Å². The zero-order chi connectivity index (χ0) is 14.3. The van der Waals surface area contributed by atoms with Crippen LogP contribution in [0.5, 0.6) is 0 Å². The Kier molecular flexibility index (Phi) is 4.04. The molecule has 1 nitrogen and oxygen atoms in total. The van der Waals surface area contributed by atoms with E-state index in [0.29, 0.717) is 12.5 Å². The van der Waals surface area contributed by atoms with E-state index in [1.54, 1.807) is 0 Å². The second-order valence-electron chi connectivity index (χ2n) is 7.34. The molecule has 6 unspecified atom stereocenters. The Hall–Kier alpha value is -0.250. The van der Waals surface area contributed by atoms with Gasteiger partial charge in [0.05, 0.1) is 0 Å². The molecule has 0 aromatic heterocycles. The van der Waals surface area contributed by atoms with Gasteiger partial charge < -0.3 is 5.32 Å². The minimum absolute atomic E-state index is 0.224. The van der Waals surface area contributed by atoms with Crippen LogP contribution in [0.1, 0.15) is 58.3 Å². The maximum atomic E-state index is 12.2. The third kappa shape index (κ3) is 3.00. The van der Waals surface area contributed by atoms with Crippen LogP contribution in [0, 0.1) is 23.7 Å². The number of hydrogen-bond donors (Lipinski definition) is 1. The maximum absolute atomic E-state index is 12.2. The van der Waals surface area contributed by atoms with Crippen LogP contribution in [0.15, 0.2) is 0 Å². The largest absolute Gasteiger partial charge is 0.389 e. The molecule has 3 saturated carbocycles. The van der Waals surface area contributed by atoms with Crippen molar-refractivity contribution >= 4 is 0 Å². The predicted octanol–water partition coefficient (Wildman–Crippen LogP) is 4.52. The molecule has 0 saturated heterocycles. The highest BCUT2D eigenvalue weighted by Gasteiger charge is 2.53. The van der Waals surface area contributed by atoms with Crippen LogP contribution in [0.3, 0.4) is 0 Å². The zero-order valence-corrected chi connectivity index (χ0v) is 12.3. The molecule has 0 aromatic carbocycles. The molecule has 0 aliphatic heterocycles. The Morgan fingerprint density at radius 2 is 1.85 bits per heavy atom. The van der Waals surface area contributed by atoms with Gasteiger partial charge in [0.1, 0.15) is 0 Å². The average Bonchev–Trinajstić information content (AvgIpc) is 2.97. The van der Waals surface area contributed by atoms with E-state index >= 15 is 0 Å². The molecular weight excluding hydrogens is 263 g/mol. The molecule has 3 rings (SSSR count). The topological polar surface area (TPSA) is 12.0 Å². The van der Waals surface area contributed by atoms with E-state index in [9.17, 15) is 13.2 Å². The number of alkyl halides is 3. The maximum Gasteiger partial charge on any atom is 0.389 e. The first kappa shape index (κ1) is 14.7. The van der Waals surface area contributed by atoms with Crippen LogP contribution >= 0.6 is 0 Å². The molecule has 116 valence electrons. The minimum atomic E-state index is -4.00. The standard InChI is InChI=1S/C16H26F3N/c1-10(4-3-7-16(17,18)19)20-15-9-11-8-14(15)13-6-2-5-12(11)13/h10-15,20H,2-9H2,1H3. The van der Waals surface area contributed by atoms with E-state index < -0.39 is 12.6 Å². The van der Waals surface area contributed by atoms with Crippen LogP contribution in [-0.2, 0) is 0 Å². The Morgan fingerprint density at radius 1 is 1.10 bits per heavy atom. The van der Waals surface area contributed by atoms with Gasteiger partial charge in [-0.3, -0.25) is 0 Å². The highest BCUT2D eigenvalue weighted by Crippen LogP contribution is 2.58. The molecule has 20 heavy (non-hydrogen) atoms. The van der Waals surface area contributed by atoms with Crippen molar-refractivity contribution in [1.82, 2.24) is 5.32 Å². The van der Waals surface area contributed by atoms with Crippen molar-refractivity contribution in [2.24, 2.45) is 23.7 Å². The minimum Gasteiger partial charge on any atom is -0.311 e. The highest BCUT2D eigenvalue weighted by molar-refractivity contribution is 5.05. The molecule has 0 aromatic rings. The monoisotopic (exact) mass is 289 g/mol. The van der Waals surface area contributed by atoms with Crippen molar-refractivity contribution in [3.05, 3.63) is 0 Å². The molecule has 4 heteroatoms. The fourth-order valence-corrected chi connectivity index (χ4v) is 5.32. The van der Waals surface area contributed by atoms with Gasteiger partial charge >= 0.3 is 6.18 Å². The lowest BCUT2D eigenvalue weighted by molar-refractivity contribution is -0.135. The summed E-state index contributed by atoms with van der Waals surface area (Å²) in [5.74, 6) is 3.64. The third-order valence-corrected chi connectivity index (χ3v) is 6.02. The summed E-state index contributed by atoms with van der Waals surface area (Å²) in [4.78, 5) is 0. The first-order chi connectivity index (χ1) is 9.44. The molecule has 3 fully saturated rings. The predicted molar refractivity (Wildman–Crippen MR) is 73.3 cm³/mol. The van der Waals surface area contributed by atoms with Crippen molar-refractivity contribution in [2.75, 3.05) is 0 Å². The molecule has 0 heterocycles. The number of rotatable bonds is 5. The first-order valence-electron chi connectivity index (χ1n) is 8.27. The number of nitrogens with one attached hydrogen (secondary N) is 1. The average molecular weight is 289 g/mol.